The second-order valence-corrected chi connectivity index (χ2v) is 3.40. The van der Waals surface area contributed by atoms with E-state index in [1.165, 1.54) is 26.4 Å². The summed E-state index contributed by atoms with van der Waals surface area (Å²) in [6.45, 7) is 1.76. The third-order valence-corrected chi connectivity index (χ3v) is 2.11. The van der Waals surface area contributed by atoms with Gasteiger partial charge in [-0.3, -0.25) is 18.4 Å². The lowest BCUT2D eigenvalue weighted by Crippen LogP contribution is -2.06. The molecule has 0 unspecified atom stereocenters. The van der Waals surface area contributed by atoms with Crippen molar-refractivity contribution in [3.8, 4) is 0 Å². The maximum Gasteiger partial charge on any atom is 0.310 e. The van der Waals surface area contributed by atoms with E-state index in [-0.39, 0.29) is 18.0 Å². The number of esters is 2. The lowest BCUT2D eigenvalue weighted by Gasteiger charge is -2.01. The first-order valence-electron chi connectivity index (χ1n) is 6.28. The van der Waals surface area contributed by atoms with Gasteiger partial charge in [-0.1, -0.05) is 19.1 Å². The highest BCUT2D eigenvalue weighted by Gasteiger charge is 2.11. The first-order valence-corrected chi connectivity index (χ1v) is 6.28. The molecule has 0 aliphatic rings. The summed E-state index contributed by atoms with van der Waals surface area (Å²) >= 11 is 0. The second kappa shape index (κ2) is 17.9. The van der Waals surface area contributed by atoms with Crippen LogP contribution in [-0.2, 0) is 25.5 Å². The van der Waals surface area contributed by atoms with E-state index < -0.39 is 17.6 Å². The number of hydrogen-bond donors (Lipinski definition) is 0. The average molecular weight is 342 g/mol. The number of rotatable bonds is 3. The molecular weight excluding hydrogens is 320 g/mol. The number of benzene rings is 1. The van der Waals surface area contributed by atoms with Crippen LogP contribution in [0, 0.1) is 11.6 Å². The molecule has 0 aliphatic heterocycles. The zero-order valence-corrected chi connectivity index (χ0v) is 13.8. The molecule has 4 nitrogen and oxygen atoms in total. The minimum absolute atomic E-state index is 0.00634. The maximum atomic E-state index is 12.9. The first kappa shape index (κ1) is 25.8. The van der Waals surface area contributed by atoms with Crippen LogP contribution >= 0.6 is 0 Å². The van der Waals surface area contributed by atoms with E-state index in [1.807, 2.05) is 0 Å². The van der Waals surface area contributed by atoms with Gasteiger partial charge in [-0.25, -0.2) is 8.78 Å². The van der Waals surface area contributed by atoms with Gasteiger partial charge in [0.05, 0.1) is 35.0 Å². The number of hydrogen-bond acceptors (Lipinski definition) is 4. The van der Waals surface area contributed by atoms with Gasteiger partial charge in [0.2, 0.25) is 0 Å². The number of ether oxygens (including phenoxy) is 2. The highest BCUT2D eigenvalue weighted by molar-refractivity contribution is 5.72. The van der Waals surface area contributed by atoms with Crippen LogP contribution in [0.3, 0.4) is 0 Å². The molecule has 0 saturated carbocycles. The maximum absolute atomic E-state index is 12.9. The van der Waals surface area contributed by atoms with Crippen molar-refractivity contribution >= 4 is 11.9 Å². The van der Waals surface area contributed by atoms with Crippen LogP contribution in [-0.4, -0.2) is 40.5 Å². The molecule has 1 rings (SSSR count). The summed E-state index contributed by atoms with van der Waals surface area (Å²) in [5.74, 6) is -2.70. The Bertz CT molecular complexity index is 433. The molecule has 0 radical (unpaired) electrons. The molecule has 0 aromatic heterocycles. The van der Waals surface area contributed by atoms with Gasteiger partial charge >= 0.3 is 11.9 Å². The van der Waals surface area contributed by atoms with Crippen molar-refractivity contribution in [2.24, 2.45) is 0 Å². The minimum Gasteiger partial charge on any atom is -0.469 e. The van der Waals surface area contributed by atoms with Crippen molar-refractivity contribution in [2.75, 3.05) is 28.6 Å². The molecule has 0 spiro atoms. The van der Waals surface area contributed by atoms with Crippen molar-refractivity contribution in [1.29, 1.82) is 0 Å². The molecule has 1 aromatic carbocycles. The first-order chi connectivity index (χ1) is 11.0. The van der Waals surface area contributed by atoms with Crippen molar-refractivity contribution in [1.82, 2.24) is 0 Å². The van der Waals surface area contributed by atoms with Gasteiger partial charge in [-0.2, -0.15) is 0 Å². The molecular formula is C15H22F4O4. The number of carbonyl (C=O) groups is 2. The highest BCUT2D eigenvalue weighted by atomic mass is 19.2. The molecule has 0 heterocycles. The Balaban J connectivity index is -0.000000338. The Kier molecular flexibility index (Phi) is 20.1. The average Bonchev–Trinajstić information content (AvgIpc) is 2.62. The molecule has 1 aromatic rings. The fourth-order valence-electron chi connectivity index (χ4n) is 1.06. The van der Waals surface area contributed by atoms with Crippen LogP contribution in [0.15, 0.2) is 18.2 Å². The lowest BCUT2D eigenvalue weighted by atomic mass is 10.1. The van der Waals surface area contributed by atoms with Gasteiger partial charge in [0, 0.05) is 12.0 Å². The third-order valence-electron chi connectivity index (χ3n) is 2.11. The predicted molar refractivity (Wildman–Crippen MR) is 78.4 cm³/mol. The van der Waals surface area contributed by atoms with E-state index in [1.54, 1.807) is 6.92 Å². The smallest absolute Gasteiger partial charge is 0.310 e. The summed E-state index contributed by atoms with van der Waals surface area (Å²) in [7, 11) is 3.57. The van der Waals surface area contributed by atoms with E-state index >= 15 is 0 Å². The van der Waals surface area contributed by atoms with Crippen molar-refractivity contribution in [3.05, 3.63) is 35.4 Å². The molecule has 0 amide bonds. The van der Waals surface area contributed by atoms with Gasteiger partial charge in [0.1, 0.15) is 0 Å². The zero-order valence-electron chi connectivity index (χ0n) is 13.8. The van der Waals surface area contributed by atoms with Crippen molar-refractivity contribution in [2.45, 2.75) is 19.8 Å². The predicted octanol–water partition coefficient (Wildman–Crippen LogP) is 3.42. The number of methoxy groups -OCH3 is 2. The fraction of sp³-hybridized carbons (Fsp3) is 0.467. The number of halogens is 4. The zero-order chi connectivity index (χ0) is 18.8. The largest absolute Gasteiger partial charge is 0.469 e. The van der Waals surface area contributed by atoms with Crippen LogP contribution in [0.2, 0.25) is 0 Å². The molecule has 0 bridgehead atoms. The summed E-state index contributed by atoms with van der Waals surface area (Å²) in [4.78, 5) is 20.7. The number of carbonyl (C=O) groups excluding carboxylic acids is 2. The summed E-state index contributed by atoms with van der Waals surface area (Å²) < 4.78 is 53.1. The van der Waals surface area contributed by atoms with E-state index in [4.69, 9.17) is 0 Å². The Morgan fingerprint density at radius 3 is 1.78 bits per heavy atom. The highest BCUT2D eigenvalue weighted by Crippen LogP contribution is 2.11. The Hall–Kier alpha value is -2.12. The van der Waals surface area contributed by atoms with Gasteiger partial charge in [-0.05, 0) is 6.07 Å². The van der Waals surface area contributed by atoms with E-state index in [9.17, 15) is 27.2 Å². The third kappa shape index (κ3) is 13.3. The van der Waals surface area contributed by atoms with Crippen LogP contribution < -0.4 is 0 Å². The Morgan fingerprint density at radius 2 is 1.43 bits per heavy atom. The monoisotopic (exact) mass is 342 g/mol. The summed E-state index contributed by atoms with van der Waals surface area (Å²) in [5.41, 5.74) is 0.00634. The molecule has 0 N–H and O–H groups in total. The molecule has 8 heteroatoms. The van der Waals surface area contributed by atoms with Crippen LogP contribution in [0.25, 0.3) is 0 Å². The minimum atomic E-state index is -0.993. The van der Waals surface area contributed by atoms with Crippen LogP contribution in [0.1, 0.15) is 18.9 Å². The van der Waals surface area contributed by atoms with Crippen LogP contribution in [0.5, 0.6) is 0 Å². The van der Waals surface area contributed by atoms with Gasteiger partial charge < -0.3 is 9.47 Å². The molecule has 23 heavy (non-hydrogen) atoms. The van der Waals surface area contributed by atoms with E-state index in [0.29, 0.717) is 20.8 Å². The summed E-state index contributed by atoms with van der Waals surface area (Å²) in [6.07, 6.45) is 0.219. The normalized spacial score (nSPS) is 8.04. The molecule has 0 atom stereocenters. The van der Waals surface area contributed by atoms with Gasteiger partial charge in [0.15, 0.2) is 11.6 Å². The lowest BCUT2D eigenvalue weighted by molar-refractivity contribution is -0.140. The van der Waals surface area contributed by atoms with Crippen molar-refractivity contribution in [3.63, 3.8) is 0 Å². The topological polar surface area (TPSA) is 52.6 Å². The molecule has 0 fully saturated rings. The second-order valence-electron chi connectivity index (χ2n) is 3.40. The molecule has 0 aliphatic carbocycles. The van der Waals surface area contributed by atoms with Crippen LogP contribution in [0.4, 0.5) is 17.6 Å². The van der Waals surface area contributed by atoms with E-state index in [2.05, 4.69) is 9.47 Å². The quantitative estimate of drug-likeness (QED) is 0.624. The standard InChI is InChI=1S/C9H8F2O2.C4H8O2.2CH3F/c1-13-8(12)5-6-3-2-4-7(10)9(6)11;1-3-4(5)6-2;2*1-2/h2-4H,5H2,1H3;3H2,1-2H3;2*1H3. The van der Waals surface area contributed by atoms with Gasteiger partial charge in [-0.15, -0.1) is 0 Å². The summed E-state index contributed by atoms with van der Waals surface area (Å²) in [6, 6.07) is 3.68. The van der Waals surface area contributed by atoms with Crippen molar-refractivity contribution < 1.29 is 36.6 Å². The molecule has 0 saturated heterocycles. The van der Waals surface area contributed by atoms with E-state index in [0.717, 1.165) is 6.07 Å². The fourth-order valence-corrected chi connectivity index (χ4v) is 1.06. The Morgan fingerprint density at radius 1 is 0.957 bits per heavy atom. The number of alkyl halides is 2. The Labute approximate surface area is 133 Å². The van der Waals surface area contributed by atoms with Gasteiger partial charge in [0.25, 0.3) is 0 Å². The summed E-state index contributed by atoms with van der Waals surface area (Å²) in [5, 5.41) is 0. The SMILES string of the molecule is CCC(=O)OC.CF.CF.COC(=O)Cc1cccc(F)c1F. The molecule has 134 valence electrons.